The maximum atomic E-state index is 14.2. The van der Waals surface area contributed by atoms with Gasteiger partial charge in [0.1, 0.15) is 23.6 Å². The zero-order valence-corrected chi connectivity index (χ0v) is 38.2. The van der Waals surface area contributed by atoms with Gasteiger partial charge in [0.2, 0.25) is 23.6 Å². The molecule has 0 saturated heterocycles. The van der Waals surface area contributed by atoms with E-state index in [1.165, 1.54) is 12.2 Å². The number of nitrogens with two attached hydrogens (primary N) is 2. The van der Waals surface area contributed by atoms with Crippen LogP contribution in [0.2, 0.25) is 0 Å². The Morgan fingerprint density at radius 3 is 1.14 bits per heavy atom. The zero-order chi connectivity index (χ0) is 43.6. The summed E-state index contributed by atoms with van der Waals surface area (Å²) in [6.45, 7) is 17.9. The van der Waals surface area contributed by atoms with Crippen molar-refractivity contribution in [2.75, 3.05) is 27.3 Å². The third-order valence-electron chi connectivity index (χ3n) is 12.0. The van der Waals surface area contributed by atoms with Gasteiger partial charge >= 0.3 is 0 Å². The third kappa shape index (κ3) is 16.8. The van der Waals surface area contributed by atoms with Gasteiger partial charge in [-0.3, -0.25) is 19.2 Å². The monoisotopic (exact) mass is 811 g/mol. The number of primary amides is 2. The van der Waals surface area contributed by atoms with Crippen LogP contribution >= 0.6 is 0 Å². The van der Waals surface area contributed by atoms with Gasteiger partial charge in [0.25, 0.3) is 0 Å². The molecule has 10 heteroatoms. The molecule has 1 rings (SSSR count). The summed E-state index contributed by atoms with van der Waals surface area (Å²) >= 11 is 0. The number of hydrogen-bond donors (Lipinski definition) is 2. The van der Waals surface area contributed by atoms with Gasteiger partial charge in [0.05, 0.1) is 14.2 Å². The summed E-state index contributed by atoms with van der Waals surface area (Å²) in [6.07, 6.45) is 21.3. The number of carbonyl (C=O) groups is 4. The number of amides is 4. The minimum Gasteiger partial charge on any atom is -0.496 e. The molecule has 6 unspecified atom stereocenters. The number of rotatable bonds is 32. The van der Waals surface area contributed by atoms with Crippen molar-refractivity contribution in [3.63, 3.8) is 0 Å². The van der Waals surface area contributed by atoms with E-state index in [0.29, 0.717) is 35.7 Å². The Morgan fingerprint density at radius 1 is 0.552 bits per heavy atom. The highest BCUT2D eigenvalue weighted by Crippen LogP contribution is 2.32. The molecule has 0 aliphatic rings. The fourth-order valence-electron chi connectivity index (χ4n) is 8.18. The van der Waals surface area contributed by atoms with Crippen molar-refractivity contribution < 1.29 is 28.7 Å². The van der Waals surface area contributed by atoms with Crippen LogP contribution in [-0.2, 0) is 19.2 Å². The van der Waals surface area contributed by atoms with Gasteiger partial charge in [-0.05, 0) is 73.6 Å². The van der Waals surface area contributed by atoms with E-state index in [1.54, 1.807) is 48.3 Å². The van der Waals surface area contributed by atoms with Crippen LogP contribution in [0.1, 0.15) is 169 Å². The minimum atomic E-state index is -0.710. The SMILES string of the molecule is CCCCC(CC)CN(C(=O)C=Cc1cc(OC)c(C=CC(=O)N(CC(CC)CCCC)C(C(N)=O)C(CC)CCCC)cc1OC)C(C(N)=O)C(CC)CCCC. The normalized spacial score (nSPS) is 14.8. The number of methoxy groups -OCH3 is 2. The van der Waals surface area contributed by atoms with Gasteiger partial charge in [-0.25, -0.2) is 0 Å². The number of ether oxygens (including phenoxy) is 2. The molecule has 0 bridgehead atoms. The fraction of sp³-hybridized carbons (Fsp3) is 0.708. The quantitative estimate of drug-likeness (QED) is 0.0693. The first kappa shape index (κ1) is 52.2. The van der Waals surface area contributed by atoms with Crippen LogP contribution in [0.3, 0.4) is 0 Å². The topological polar surface area (TPSA) is 145 Å². The van der Waals surface area contributed by atoms with Crippen molar-refractivity contribution in [2.45, 2.75) is 170 Å². The van der Waals surface area contributed by atoms with E-state index in [2.05, 4.69) is 55.4 Å². The molecule has 4 amide bonds. The highest BCUT2D eigenvalue weighted by atomic mass is 16.5. The summed E-state index contributed by atoms with van der Waals surface area (Å²) in [4.78, 5) is 58.1. The van der Waals surface area contributed by atoms with Gasteiger partial charge in [-0.15, -0.1) is 0 Å². The minimum absolute atomic E-state index is 0.0375. The summed E-state index contributed by atoms with van der Waals surface area (Å²) < 4.78 is 11.6. The highest BCUT2D eigenvalue weighted by Gasteiger charge is 2.36. The van der Waals surface area contributed by atoms with Crippen LogP contribution in [0.25, 0.3) is 12.2 Å². The standard InChI is InChI=1S/C48H82N4O6/c1-11-19-23-35(15-5)33-51(45(47(49)55)37(17-7)25-21-13-3)43(53)29-27-39-31-42(58-10)40(32-41(39)57-9)28-30-44(54)52(34-36(16-6)24-20-12-2)46(48(50)56)38(18-8)26-22-14-4/h27-32,35-38,45-46H,11-26,33-34H2,1-10H3,(H2,49,55)(H2,50,56). The smallest absolute Gasteiger partial charge is 0.247 e. The first-order valence-electron chi connectivity index (χ1n) is 22.7. The highest BCUT2D eigenvalue weighted by molar-refractivity contribution is 5.97. The number of unbranched alkanes of at least 4 members (excludes halogenated alkanes) is 4. The molecule has 0 aromatic heterocycles. The molecule has 1 aromatic carbocycles. The summed E-state index contributed by atoms with van der Waals surface area (Å²) in [6, 6.07) is 2.12. The molecule has 0 fully saturated rings. The molecule has 0 aliphatic carbocycles. The second kappa shape index (κ2) is 29.4. The molecule has 0 heterocycles. The van der Waals surface area contributed by atoms with E-state index < -0.39 is 23.9 Å². The lowest BCUT2D eigenvalue weighted by Gasteiger charge is -2.36. The van der Waals surface area contributed by atoms with Crippen molar-refractivity contribution in [1.29, 1.82) is 0 Å². The number of carbonyl (C=O) groups excluding carboxylic acids is 4. The van der Waals surface area contributed by atoms with E-state index >= 15 is 0 Å². The molecule has 6 atom stereocenters. The Labute approximate surface area is 352 Å². The Bertz CT molecular complexity index is 1320. The van der Waals surface area contributed by atoms with Crippen molar-refractivity contribution in [3.05, 3.63) is 35.4 Å². The van der Waals surface area contributed by atoms with Gasteiger partial charge in [-0.1, -0.05) is 132 Å². The number of benzene rings is 1. The molecule has 0 radical (unpaired) electrons. The average molecular weight is 811 g/mol. The second-order valence-corrected chi connectivity index (χ2v) is 16.1. The summed E-state index contributed by atoms with van der Waals surface area (Å²) in [5.74, 6) is -0.139. The van der Waals surface area contributed by atoms with E-state index in [0.717, 1.165) is 103 Å². The molecular weight excluding hydrogens is 729 g/mol. The number of hydrogen-bond acceptors (Lipinski definition) is 6. The van der Waals surface area contributed by atoms with Gasteiger partial charge < -0.3 is 30.7 Å². The lowest BCUT2D eigenvalue weighted by Crippen LogP contribution is -2.53. The van der Waals surface area contributed by atoms with Crippen LogP contribution in [0, 0.1) is 23.7 Å². The lowest BCUT2D eigenvalue weighted by atomic mass is 9.88. The van der Waals surface area contributed by atoms with Crippen molar-refractivity contribution in [2.24, 2.45) is 35.1 Å². The van der Waals surface area contributed by atoms with E-state index in [9.17, 15) is 19.2 Å². The molecule has 0 spiro atoms. The average Bonchev–Trinajstić information content (AvgIpc) is 3.22. The third-order valence-corrected chi connectivity index (χ3v) is 12.0. The summed E-state index contributed by atoms with van der Waals surface area (Å²) in [7, 11) is 3.10. The largest absolute Gasteiger partial charge is 0.496 e. The first-order chi connectivity index (χ1) is 27.8. The van der Waals surface area contributed by atoms with Crippen LogP contribution < -0.4 is 20.9 Å². The van der Waals surface area contributed by atoms with Crippen molar-refractivity contribution in [3.8, 4) is 11.5 Å². The second-order valence-electron chi connectivity index (χ2n) is 16.1. The van der Waals surface area contributed by atoms with Crippen LogP contribution in [0.15, 0.2) is 24.3 Å². The Hall–Kier alpha value is -3.82. The molecule has 10 nitrogen and oxygen atoms in total. The van der Waals surface area contributed by atoms with E-state index in [1.807, 2.05) is 0 Å². The molecular formula is C48H82N4O6. The van der Waals surface area contributed by atoms with E-state index in [4.69, 9.17) is 20.9 Å². The van der Waals surface area contributed by atoms with Gasteiger partial charge in [0.15, 0.2) is 0 Å². The Kier molecular flexibility index (Phi) is 26.5. The van der Waals surface area contributed by atoms with E-state index in [-0.39, 0.29) is 35.5 Å². The maximum Gasteiger partial charge on any atom is 0.247 e. The lowest BCUT2D eigenvalue weighted by molar-refractivity contribution is -0.138. The first-order valence-corrected chi connectivity index (χ1v) is 22.7. The van der Waals surface area contributed by atoms with Crippen LogP contribution in [-0.4, -0.2) is 72.8 Å². The van der Waals surface area contributed by atoms with Gasteiger partial charge in [-0.2, -0.15) is 0 Å². The molecule has 58 heavy (non-hydrogen) atoms. The van der Waals surface area contributed by atoms with Crippen LogP contribution in [0.4, 0.5) is 0 Å². The van der Waals surface area contributed by atoms with Crippen molar-refractivity contribution in [1.82, 2.24) is 9.80 Å². The molecule has 1 aromatic rings. The molecule has 4 N–H and O–H groups in total. The fourth-order valence-corrected chi connectivity index (χ4v) is 8.18. The number of nitrogens with zero attached hydrogens (tertiary/aromatic N) is 2. The van der Waals surface area contributed by atoms with Crippen LogP contribution in [0.5, 0.6) is 11.5 Å². The maximum absolute atomic E-state index is 14.2. The zero-order valence-electron chi connectivity index (χ0n) is 38.2. The molecule has 0 aliphatic heterocycles. The molecule has 0 saturated carbocycles. The Balaban J connectivity index is 3.71. The Morgan fingerprint density at radius 2 is 0.879 bits per heavy atom. The predicted molar refractivity (Wildman–Crippen MR) is 240 cm³/mol. The van der Waals surface area contributed by atoms with Crippen molar-refractivity contribution >= 4 is 35.8 Å². The predicted octanol–water partition coefficient (Wildman–Crippen LogP) is 9.96. The summed E-state index contributed by atoms with van der Waals surface area (Å²) in [5.41, 5.74) is 13.4. The summed E-state index contributed by atoms with van der Waals surface area (Å²) in [5, 5.41) is 0. The van der Waals surface area contributed by atoms with Gasteiger partial charge in [0, 0.05) is 36.4 Å². The molecule has 330 valence electrons.